The Morgan fingerprint density at radius 1 is 1.53 bits per heavy atom. The molecule has 1 aromatic rings. The van der Waals surface area contributed by atoms with Gasteiger partial charge in [0, 0.05) is 11.7 Å². The second-order valence-electron chi connectivity index (χ2n) is 3.93. The van der Waals surface area contributed by atoms with E-state index >= 15 is 0 Å². The van der Waals surface area contributed by atoms with Gasteiger partial charge in [-0.3, -0.25) is 0 Å². The summed E-state index contributed by atoms with van der Waals surface area (Å²) in [5.41, 5.74) is 0.748. The Bertz CT molecular complexity index is 417. The van der Waals surface area contributed by atoms with Crippen molar-refractivity contribution in [1.29, 1.82) is 0 Å². The summed E-state index contributed by atoms with van der Waals surface area (Å²) < 4.78 is 0. The van der Waals surface area contributed by atoms with E-state index in [2.05, 4.69) is 10.3 Å². The molecule has 17 heavy (non-hydrogen) atoms. The number of carboxylic acids is 1. The van der Waals surface area contributed by atoms with E-state index in [9.17, 15) is 4.79 Å². The first-order chi connectivity index (χ1) is 7.99. The fourth-order valence-electron chi connectivity index (χ4n) is 1.63. The maximum absolute atomic E-state index is 11.1. The average molecular weight is 257 g/mol. The Morgan fingerprint density at radius 3 is 2.59 bits per heavy atom. The number of aromatic carboxylic acids is 1. The fourth-order valence-corrected chi connectivity index (χ4v) is 1.96. The molecule has 0 spiro atoms. The van der Waals surface area contributed by atoms with Crippen LogP contribution in [0.15, 0.2) is 6.07 Å². The lowest BCUT2D eigenvalue weighted by atomic mass is 10.1. The molecule has 0 aliphatic carbocycles. The summed E-state index contributed by atoms with van der Waals surface area (Å²) in [5, 5.41) is 12.5. The van der Waals surface area contributed by atoms with Crippen molar-refractivity contribution in [2.45, 2.75) is 39.7 Å². The smallest absolute Gasteiger partial charge is 0.341 e. The number of pyridine rings is 1. The molecule has 0 atom stereocenters. The molecule has 0 aromatic carbocycles. The van der Waals surface area contributed by atoms with Crippen molar-refractivity contribution in [2.75, 3.05) is 5.32 Å². The molecule has 0 aliphatic heterocycles. The zero-order valence-electron chi connectivity index (χ0n) is 10.2. The van der Waals surface area contributed by atoms with Crippen LogP contribution >= 0.6 is 11.6 Å². The topological polar surface area (TPSA) is 62.2 Å². The first-order valence-electron chi connectivity index (χ1n) is 5.66. The van der Waals surface area contributed by atoms with Crippen molar-refractivity contribution in [3.63, 3.8) is 0 Å². The van der Waals surface area contributed by atoms with Gasteiger partial charge in [-0.2, -0.15) is 0 Å². The normalized spacial score (nSPS) is 10.6. The minimum atomic E-state index is -1.06. The Morgan fingerprint density at radius 2 is 2.12 bits per heavy atom. The quantitative estimate of drug-likeness (QED) is 0.848. The van der Waals surface area contributed by atoms with E-state index < -0.39 is 5.97 Å². The number of halogens is 1. The molecule has 0 saturated heterocycles. The molecule has 1 rings (SSSR count). The Hall–Kier alpha value is -1.29. The fraction of sp³-hybridized carbons (Fsp3) is 0.500. The first-order valence-corrected chi connectivity index (χ1v) is 6.04. The third-order valence-corrected chi connectivity index (χ3v) is 2.94. The van der Waals surface area contributed by atoms with Crippen molar-refractivity contribution >= 4 is 23.4 Å². The van der Waals surface area contributed by atoms with Crippen LogP contribution in [0.2, 0.25) is 5.02 Å². The number of carboxylic acid groups (broad SMARTS) is 1. The number of rotatable bonds is 5. The standard InChI is InChI=1S/C12H17ClN2O2/c1-4-8(5-2)15-11-10(12(16)17)9(13)6-7(3)14-11/h6,8H,4-5H2,1-3H3,(H,14,15)(H,16,17). The highest BCUT2D eigenvalue weighted by atomic mass is 35.5. The van der Waals surface area contributed by atoms with E-state index in [1.165, 1.54) is 0 Å². The molecule has 94 valence electrons. The molecular formula is C12H17ClN2O2. The average Bonchev–Trinajstić information content (AvgIpc) is 2.24. The Balaban J connectivity index is 3.16. The molecule has 0 bridgehead atoms. The van der Waals surface area contributed by atoms with Crippen molar-refractivity contribution in [3.8, 4) is 0 Å². The minimum Gasteiger partial charge on any atom is -0.478 e. The molecule has 0 amide bonds. The third-order valence-electron chi connectivity index (χ3n) is 2.64. The predicted octanol–water partition coefficient (Wildman–Crippen LogP) is 3.34. The van der Waals surface area contributed by atoms with Crippen LogP contribution < -0.4 is 5.32 Å². The van der Waals surface area contributed by atoms with Gasteiger partial charge < -0.3 is 10.4 Å². The predicted molar refractivity (Wildman–Crippen MR) is 68.9 cm³/mol. The monoisotopic (exact) mass is 256 g/mol. The highest BCUT2D eigenvalue weighted by molar-refractivity contribution is 6.34. The molecule has 0 radical (unpaired) electrons. The molecule has 1 aromatic heterocycles. The lowest BCUT2D eigenvalue weighted by Crippen LogP contribution is -2.20. The number of nitrogens with zero attached hydrogens (tertiary/aromatic N) is 1. The highest BCUT2D eigenvalue weighted by Crippen LogP contribution is 2.25. The summed E-state index contributed by atoms with van der Waals surface area (Å²) in [7, 11) is 0. The summed E-state index contributed by atoms with van der Waals surface area (Å²) in [6, 6.07) is 1.77. The van der Waals surface area contributed by atoms with Crippen LogP contribution in [-0.4, -0.2) is 22.1 Å². The van der Waals surface area contributed by atoms with E-state index in [0.717, 1.165) is 12.8 Å². The van der Waals surface area contributed by atoms with Gasteiger partial charge in [-0.25, -0.2) is 9.78 Å². The van der Waals surface area contributed by atoms with Crippen molar-refractivity contribution in [1.82, 2.24) is 4.98 Å². The largest absolute Gasteiger partial charge is 0.478 e. The molecule has 1 heterocycles. The van der Waals surface area contributed by atoms with Gasteiger partial charge in [-0.05, 0) is 25.8 Å². The number of hydrogen-bond acceptors (Lipinski definition) is 3. The lowest BCUT2D eigenvalue weighted by molar-refractivity contribution is 0.0697. The summed E-state index contributed by atoms with van der Waals surface area (Å²) in [5.74, 6) is -0.702. The molecular weight excluding hydrogens is 240 g/mol. The number of hydrogen-bond donors (Lipinski definition) is 2. The molecule has 2 N–H and O–H groups in total. The van der Waals surface area contributed by atoms with Gasteiger partial charge in [0.1, 0.15) is 11.4 Å². The second kappa shape index (κ2) is 5.87. The van der Waals surface area contributed by atoms with Crippen LogP contribution in [0.1, 0.15) is 42.7 Å². The van der Waals surface area contributed by atoms with Crippen molar-refractivity contribution < 1.29 is 9.90 Å². The highest BCUT2D eigenvalue weighted by Gasteiger charge is 2.18. The maximum Gasteiger partial charge on any atom is 0.341 e. The molecule has 0 fully saturated rings. The SMILES string of the molecule is CCC(CC)Nc1nc(C)cc(Cl)c1C(=O)O. The van der Waals surface area contributed by atoms with Gasteiger partial charge in [0.05, 0.1) is 5.02 Å². The van der Waals surface area contributed by atoms with E-state index in [1.54, 1.807) is 13.0 Å². The van der Waals surface area contributed by atoms with Gasteiger partial charge >= 0.3 is 5.97 Å². The number of nitrogens with one attached hydrogen (secondary N) is 1. The Kier molecular flexibility index (Phi) is 4.75. The first kappa shape index (κ1) is 13.8. The summed E-state index contributed by atoms with van der Waals surface area (Å²) in [6.45, 7) is 5.87. The van der Waals surface area contributed by atoms with Crippen LogP contribution in [0.5, 0.6) is 0 Å². The summed E-state index contributed by atoms with van der Waals surface area (Å²) in [4.78, 5) is 15.4. The number of aromatic nitrogens is 1. The molecule has 0 unspecified atom stereocenters. The molecule has 0 saturated carbocycles. The number of aryl methyl sites for hydroxylation is 1. The van der Waals surface area contributed by atoms with E-state index in [4.69, 9.17) is 16.7 Å². The van der Waals surface area contributed by atoms with E-state index in [0.29, 0.717) is 11.5 Å². The minimum absolute atomic E-state index is 0.0455. The second-order valence-corrected chi connectivity index (χ2v) is 4.34. The third kappa shape index (κ3) is 3.33. The lowest BCUT2D eigenvalue weighted by Gasteiger charge is -2.18. The van der Waals surface area contributed by atoms with Crippen LogP contribution in [0, 0.1) is 6.92 Å². The summed E-state index contributed by atoms with van der Waals surface area (Å²) >= 11 is 5.94. The summed E-state index contributed by atoms with van der Waals surface area (Å²) in [6.07, 6.45) is 1.81. The van der Waals surface area contributed by atoms with E-state index in [1.807, 2.05) is 13.8 Å². The van der Waals surface area contributed by atoms with Gasteiger partial charge in [0.2, 0.25) is 0 Å². The van der Waals surface area contributed by atoms with Crippen molar-refractivity contribution in [2.24, 2.45) is 0 Å². The molecule has 0 aliphatic rings. The number of anilines is 1. The Labute approximate surface area is 106 Å². The zero-order chi connectivity index (χ0) is 13.0. The van der Waals surface area contributed by atoms with Crippen LogP contribution in [0.4, 0.5) is 5.82 Å². The van der Waals surface area contributed by atoms with Crippen molar-refractivity contribution in [3.05, 3.63) is 22.3 Å². The molecule has 5 heteroatoms. The van der Waals surface area contributed by atoms with E-state index in [-0.39, 0.29) is 16.6 Å². The van der Waals surface area contributed by atoms with Gasteiger partial charge in [-0.15, -0.1) is 0 Å². The van der Waals surface area contributed by atoms with Crippen LogP contribution in [-0.2, 0) is 0 Å². The van der Waals surface area contributed by atoms with Gasteiger partial charge in [0.25, 0.3) is 0 Å². The van der Waals surface area contributed by atoms with Gasteiger partial charge in [-0.1, -0.05) is 25.4 Å². The molecule has 4 nitrogen and oxygen atoms in total. The number of carbonyl (C=O) groups is 1. The van der Waals surface area contributed by atoms with Crippen LogP contribution in [0.3, 0.4) is 0 Å². The zero-order valence-corrected chi connectivity index (χ0v) is 11.0. The van der Waals surface area contributed by atoms with Crippen LogP contribution in [0.25, 0.3) is 0 Å². The van der Waals surface area contributed by atoms with Gasteiger partial charge in [0.15, 0.2) is 0 Å². The maximum atomic E-state index is 11.1.